The number of sulfone groups is 1. The summed E-state index contributed by atoms with van der Waals surface area (Å²) in [4.78, 5) is 13.2. The van der Waals surface area contributed by atoms with Crippen LogP contribution in [0, 0.1) is 16.7 Å². The number of rotatable bonds is 4. The summed E-state index contributed by atoms with van der Waals surface area (Å²) in [6.45, 7) is 10.4. The van der Waals surface area contributed by atoms with Crippen molar-refractivity contribution in [3.63, 3.8) is 0 Å². The minimum absolute atomic E-state index is 0.219. The molecule has 1 aromatic carbocycles. The fourth-order valence-corrected chi connectivity index (χ4v) is 7.41. The summed E-state index contributed by atoms with van der Waals surface area (Å²) in [7, 11) is -3.67. The molecule has 4 nitrogen and oxygen atoms in total. The van der Waals surface area contributed by atoms with Crippen LogP contribution >= 0.6 is 0 Å². The number of carbonyl (C=O) groups is 1. The molecule has 1 aromatic rings. The van der Waals surface area contributed by atoms with Gasteiger partial charge in [-0.1, -0.05) is 50.6 Å². The first-order chi connectivity index (χ1) is 14.1. The Hall–Kier alpha value is -1.72. The number of benzene rings is 1. The molecule has 0 N–H and O–H groups in total. The SMILES string of the molecule is C=C[C@]1(C)C[C@H]([C@@]2(C)C3=C(CCC3=O)CC[C@@H]2C)O[C@@H](S(=O)(=O)c2ccccc2)C1. The van der Waals surface area contributed by atoms with Gasteiger partial charge in [0, 0.05) is 17.4 Å². The molecule has 1 saturated heterocycles. The molecule has 4 rings (SSSR count). The van der Waals surface area contributed by atoms with Crippen LogP contribution in [-0.2, 0) is 19.4 Å². The van der Waals surface area contributed by atoms with E-state index in [0.717, 1.165) is 24.8 Å². The summed E-state index contributed by atoms with van der Waals surface area (Å²) >= 11 is 0. The summed E-state index contributed by atoms with van der Waals surface area (Å²) in [5.41, 5.74) is 0.384. The lowest BCUT2D eigenvalue weighted by Crippen LogP contribution is -2.52. The van der Waals surface area contributed by atoms with Crippen molar-refractivity contribution in [1.29, 1.82) is 0 Å². The molecular weight excluding hydrogens is 396 g/mol. The van der Waals surface area contributed by atoms with Crippen molar-refractivity contribution in [2.24, 2.45) is 16.7 Å². The minimum atomic E-state index is -3.67. The monoisotopic (exact) mass is 428 g/mol. The van der Waals surface area contributed by atoms with Crippen LogP contribution in [-0.4, -0.2) is 25.7 Å². The Morgan fingerprint density at radius 2 is 1.80 bits per heavy atom. The van der Waals surface area contributed by atoms with Gasteiger partial charge in [0.25, 0.3) is 0 Å². The first-order valence-corrected chi connectivity index (χ1v) is 12.5. The molecule has 1 heterocycles. The van der Waals surface area contributed by atoms with Crippen molar-refractivity contribution < 1.29 is 17.9 Å². The molecular formula is C25H32O4S. The van der Waals surface area contributed by atoms with E-state index < -0.39 is 20.7 Å². The van der Waals surface area contributed by atoms with Gasteiger partial charge in [-0.15, -0.1) is 6.58 Å². The zero-order chi connectivity index (χ0) is 21.7. The number of hydrogen-bond donors (Lipinski definition) is 0. The van der Waals surface area contributed by atoms with Gasteiger partial charge in [-0.05, 0) is 55.6 Å². The van der Waals surface area contributed by atoms with E-state index in [1.807, 2.05) is 12.1 Å². The number of hydrogen-bond acceptors (Lipinski definition) is 4. The van der Waals surface area contributed by atoms with Gasteiger partial charge < -0.3 is 4.74 Å². The normalized spacial score (nSPS) is 37.2. The molecule has 0 spiro atoms. The van der Waals surface area contributed by atoms with Gasteiger partial charge in [0.1, 0.15) is 0 Å². The third-order valence-corrected chi connectivity index (χ3v) is 9.81. The van der Waals surface area contributed by atoms with Crippen LogP contribution in [0.3, 0.4) is 0 Å². The molecule has 0 aromatic heterocycles. The third-order valence-electron chi connectivity index (χ3n) is 7.91. The molecule has 1 fully saturated rings. The van der Waals surface area contributed by atoms with Crippen LogP contribution in [0.15, 0.2) is 59.0 Å². The zero-order valence-electron chi connectivity index (χ0n) is 18.2. The molecule has 0 radical (unpaired) electrons. The number of Topliss-reactive ketones (excluding diaryl/α,β-unsaturated/α-hetero) is 1. The highest BCUT2D eigenvalue weighted by Crippen LogP contribution is 2.56. The molecule has 0 saturated carbocycles. The van der Waals surface area contributed by atoms with E-state index in [4.69, 9.17) is 4.74 Å². The molecule has 162 valence electrons. The Bertz CT molecular complexity index is 993. The van der Waals surface area contributed by atoms with Crippen molar-refractivity contribution in [3.8, 4) is 0 Å². The van der Waals surface area contributed by atoms with Gasteiger partial charge in [0.15, 0.2) is 11.2 Å². The molecule has 3 aliphatic rings. The van der Waals surface area contributed by atoms with Crippen LogP contribution in [0.2, 0.25) is 0 Å². The Kier molecular flexibility index (Phi) is 5.34. The van der Waals surface area contributed by atoms with Crippen molar-refractivity contribution in [3.05, 3.63) is 54.1 Å². The second kappa shape index (κ2) is 7.45. The Morgan fingerprint density at radius 1 is 1.10 bits per heavy atom. The summed E-state index contributed by atoms with van der Waals surface area (Å²) in [5, 5.41) is 0. The van der Waals surface area contributed by atoms with Crippen LogP contribution in [0.25, 0.3) is 0 Å². The maximum Gasteiger partial charge on any atom is 0.205 e. The van der Waals surface area contributed by atoms with E-state index in [0.29, 0.717) is 19.3 Å². The smallest absolute Gasteiger partial charge is 0.205 e. The zero-order valence-corrected chi connectivity index (χ0v) is 19.0. The van der Waals surface area contributed by atoms with Gasteiger partial charge in [-0.2, -0.15) is 0 Å². The Balaban J connectivity index is 1.78. The fourth-order valence-electron chi connectivity index (χ4n) is 5.69. The standard InChI is InChI=1S/C25H32O4S/c1-5-24(3)15-21(25(4)17(2)11-12-18-13-14-20(26)23(18)25)29-22(16-24)30(27,28)19-9-7-6-8-10-19/h5-10,17,21-22H,1,11-16H2,2-4H3/t17-,21+,22-,24+,25-/m0/s1. The topological polar surface area (TPSA) is 60.4 Å². The number of ketones is 1. The van der Waals surface area contributed by atoms with E-state index in [2.05, 4.69) is 27.4 Å². The lowest BCUT2D eigenvalue weighted by atomic mass is 9.59. The van der Waals surface area contributed by atoms with E-state index in [1.54, 1.807) is 24.3 Å². The third kappa shape index (κ3) is 3.31. The van der Waals surface area contributed by atoms with Crippen LogP contribution in [0.1, 0.15) is 59.3 Å². The second-order valence-corrected chi connectivity index (χ2v) is 11.9. The van der Waals surface area contributed by atoms with Crippen molar-refractivity contribution in [2.45, 2.75) is 75.7 Å². The molecule has 30 heavy (non-hydrogen) atoms. The molecule has 0 unspecified atom stereocenters. The molecule has 1 aliphatic heterocycles. The summed E-state index contributed by atoms with van der Waals surface area (Å²) in [6, 6.07) is 8.53. The van der Waals surface area contributed by atoms with Gasteiger partial charge >= 0.3 is 0 Å². The van der Waals surface area contributed by atoms with E-state index >= 15 is 0 Å². The van der Waals surface area contributed by atoms with Gasteiger partial charge in [0.2, 0.25) is 9.84 Å². The Labute approximate surface area is 180 Å². The average Bonchev–Trinajstić information content (AvgIpc) is 3.12. The highest BCUT2D eigenvalue weighted by molar-refractivity contribution is 7.92. The predicted molar refractivity (Wildman–Crippen MR) is 118 cm³/mol. The number of ether oxygens (including phenoxy) is 1. The second-order valence-electron chi connectivity index (χ2n) is 9.80. The number of allylic oxidation sites excluding steroid dienone is 2. The molecule has 2 aliphatic carbocycles. The van der Waals surface area contributed by atoms with Gasteiger partial charge in [-0.3, -0.25) is 4.79 Å². The Morgan fingerprint density at radius 3 is 2.47 bits per heavy atom. The summed E-state index contributed by atoms with van der Waals surface area (Å²) < 4.78 is 33.4. The highest BCUT2D eigenvalue weighted by Gasteiger charge is 2.55. The van der Waals surface area contributed by atoms with E-state index in [-0.39, 0.29) is 28.1 Å². The van der Waals surface area contributed by atoms with Gasteiger partial charge in [0.05, 0.1) is 11.0 Å². The summed E-state index contributed by atoms with van der Waals surface area (Å²) in [6.07, 6.45) is 5.95. The minimum Gasteiger partial charge on any atom is -0.358 e. The molecule has 0 bridgehead atoms. The maximum atomic E-state index is 13.5. The molecule has 5 atom stereocenters. The average molecular weight is 429 g/mol. The van der Waals surface area contributed by atoms with Crippen molar-refractivity contribution >= 4 is 15.6 Å². The fraction of sp³-hybridized carbons (Fsp3) is 0.560. The van der Waals surface area contributed by atoms with Crippen molar-refractivity contribution in [1.82, 2.24) is 0 Å². The van der Waals surface area contributed by atoms with Crippen LogP contribution < -0.4 is 0 Å². The lowest BCUT2D eigenvalue weighted by Gasteiger charge is -2.52. The quantitative estimate of drug-likeness (QED) is 0.614. The van der Waals surface area contributed by atoms with Crippen molar-refractivity contribution in [2.75, 3.05) is 0 Å². The van der Waals surface area contributed by atoms with E-state index in [1.165, 1.54) is 5.57 Å². The molecule has 0 amide bonds. The van der Waals surface area contributed by atoms with E-state index in [9.17, 15) is 13.2 Å². The van der Waals surface area contributed by atoms with Crippen LogP contribution in [0.5, 0.6) is 0 Å². The molecule has 5 heteroatoms. The highest BCUT2D eigenvalue weighted by atomic mass is 32.2. The maximum absolute atomic E-state index is 13.5. The van der Waals surface area contributed by atoms with Gasteiger partial charge in [-0.25, -0.2) is 8.42 Å². The lowest BCUT2D eigenvalue weighted by molar-refractivity contribution is -0.128. The number of carbonyl (C=O) groups excluding carboxylic acids is 1. The first kappa shape index (κ1) is 21.5. The van der Waals surface area contributed by atoms with Crippen LogP contribution in [0.4, 0.5) is 0 Å². The summed E-state index contributed by atoms with van der Waals surface area (Å²) in [5.74, 6) is 0.464. The first-order valence-electron chi connectivity index (χ1n) is 11.0. The predicted octanol–water partition coefficient (Wildman–Crippen LogP) is 5.25. The largest absolute Gasteiger partial charge is 0.358 e.